The maximum absolute atomic E-state index is 12.4. The number of anilines is 1. The van der Waals surface area contributed by atoms with Crippen LogP contribution in [0.15, 0.2) is 34.9 Å². The summed E-state index contributed by atoms with van der Waals surface area (Å²) in [4.78, 5) is 38.1. The lowest BCUT2D eigenvalue weighted by Crippen LogP contribution is -2.31. The van der Waals surface area contributed by atoms with Crippen LogP contribution in [0.4, 0.5) is 5.82 Å². The van der Waals surface area contributed by atoms with Crippen molar-refractivity contribution >= 4 is 39.5 Å². The van der Waals surface area contributed by atoms with Gasteiger partial charge in [-0.3, -0.25) is 19.3 Å². The first-order valence-corrected chi connectivity index (χ1v) is 9.17. The maximum atomic E-state index is 12.4. The number of carbonyl (C=O) groups excluding carboxylic acids is 3. The average Bonchev–Trinajstić information content (AvgIpc) is 3.13. The van der Waals surface area contributed by atoms with Gasteiger partial charge in [-0.15, -0.1) is 0 Å². The maximum Gasteiger partial charge on any atom is 0.261 e. The van der Waals surface area contributed by atoms with Crippen molar-refractivity contribution in [3.63, 3.8) is 0 Å². The van der Waals surface area contributed by atoms with Crippen molar-refractivity contribution in [3.05, 3.63) is 46.1 Å². The highest BCUT2D eigenvalue weighted by Crippen LogP contribution is 2.26. The van der Waals surface area contributed by atoms with Crippen LogP contribution in [0.1, 0.15) is 53.4 Å². The third-order valence-corrected chi connectivity index (χ3v) is 4.64. The zero-order chi connectivity index (χ0) is 18.8. The third kappa shape index (κ3) is 3.55. The number of nitrogens with one attached hydrogen (secondary N) is 1. The van der Waals surface area contributed by atoms with E-state index in [1.165, 1.54) is 4.90 Å². The van der Waals surface area contributed by atoms with Gasteiger partial charge in [0.15, 0.2) is 0 Å². The monoisotopic (exact) mass is 418 g/mol. The van der Waals surface area contributed by atoms with E-state index in [9.17, 15) is 14.4 Å². The molecule has 1 aliphatic heterocycles. The van der Waals surface area contributed by atoms with Gasteiger partial charge in [-0.05, 0) is 38.5 Å². The molecule has 1 aromatic heterocycles. The molecule has 2 aromatic rings. The summed E-state index contributed by atoms with van der Waals surface area (Å²) in [5.41, 5.74) is 0.804. The number of halogens is 1. The fraction of sp³-hybridized carbons (Fsp3) is 0.333. The number of rotatable bonds is 6. The molecule has 0 aliphatic carbocycles. The minimum atomic E-state index is -0.315. The highest BCUT2D eigenvalue weighted by atomic mass is 79.9. The normalized spacial score (nSPS) is 13.5. The van der Waals surface area contributed by atoms with Gasteiger partial charge in [0, 0.05) is 29.5 Å². The first-order chi connectivity index (χ1) is 12.4. The first kappa shape index (κ1) is 18.3. The zero-order valence-electron chi connectivity index (χ0n) is 14.5. The molecule has 0 bridgehead atoms. The molecule has 0 atom stereocenters. The summed E-state index contributed by atoms with van der Waals surface area (Å²) in [7, 11) is 0. The number of hydrogen-bond donors (Lipinski definition) is 1. The molecule has 0 radical (unpaired) electrons. The molecule has 3 rings (SSSR count). The van der Waals surface area contributed by atoms with E-state index in [4.69, 9.17) is 0 Å². The summed E-state index contributed by atoms with van der Waals surface area (Å²) in [5, 5.41) is 6.97. The van der Waals surface area contributed by atoms with Gasteiger partial charge in [0.25, 0.3) is 11.8 Å². The number of hydrogen-bond acceptors (Lipinski definition) is 4. The fourth-order valence-corrected chi connectivity index (χ4v) is 3.25. The van der Waals surface area contributed by atoms with Crippen molar-refractivity contribution < 1.29 is 14.4 Å². The topological polar surface area (TPSA) is 84.3 Å². The molecular weight excluding hydrogens is 400 g/mol. The number of carbonyl (C=O) groups is 3. The average molecular weight is 419 g/mol. The van der Waals surface area contributed by atoms with Gasteiger partial charge < -0.3 is 5.32 Å². The van der Waals surface area contributed by atoms with Gasteiger partial charge in [0.2, 0.25) is 5.91 Å². The molecule has 1 N–H and O–H groups in total. The van der Waals surface area contributed by atoms with Crippen LogP contribution < -0.4 is 5.32 Å². The highest BCUT2D eigenvalue weighted by Gasteiger charge is 2.35. The summed E-state index contributed by atoms with van der Waals surface area (Å²) in [6.07, 6.45) is 2.24. The molecule has 0 saturated heterocycles. The Morgan fingerprint density at radius 2 is 1.92 bits per heavy atom. The molecule has 1 aromatic carbocycles. The molecule has 0 spiro atoms. The van der Waals surface area contributed by atoms with Crippen LogP contribution in [0.2, 0.25) is 0 Å². The first-order valence-electron chi connectivity index (χ1n) is 8.37. The Hall–Kier alpha value is -2.48. The molecule has 0 unspecified atom stereocenters. The van der Waals surface area contributed by atoms with Crippen LogP contribution >= 0.6 is 15.9 Å². The SMILES string of the molecule is CC(C)n1nccc1NC(=O)CCCN1C(=O)c2ccc(Br)cc2C1=O. The quantitative estimate of drug-likeness (QED) is 0.729. The number of aromatic nitrogens is 2. The van der Waals surface area contributed by atoms with Gasteiger partial charge in [0.1, 0.15) is 5.82 Å². The highest BCUT2D eigenvalue weighted by molar-refractivity contribution is 9.10. The van der Waals surface area contributed by atoms with E-state index < -0.39 is 0 Å². The largest absolute Gasteiger partial charge is 0.311 e. The summed E-state index contributed by atoms with van der Waals surface area (Å²) < 4.78 is 2.47. The molecule has 0 saturated carbocycles. The Kier molecular flexibility index (Phi) is 5.22. The van der Waals surface area contributed by atoms with Crippen LogP contribution in [0, 0.1) is 0 Å². The van der Waals surface area contributed by atoms with Crippen LogP contribution in [-0.2, 0) is 4.79 Å². The second-order valence-electron chi connectivity index (χ2n) is 6.36. The van der Waals surface area contributed by atoms with E-state index in [0.29, 0.717) is 23.4 Å². The van der Waals surface area contributed by atoms with Crippen LogP contribution in [0.25, 0.3) is 0 Å². The van der Waals surface area contributed by atoms with Crippen LogP contribution in [0.5, 0.6) is 0 Å². The lowest BCUT2D eigenvalue weighted by atomic mass is 10.1. The van der Waals surface area contributed by atoms with E-state index in [-0.39, 0.29) is 36.7 Å². The molecule has 1 aliphatic rings. The Bertz CT molecular complexity index is 875. The van der Waals surface area contributed by atoms with Crippen LogP contribution in [0.3, 0.4) is 0 Å². The number of fused-ring (bicyclic) bond motifs is 1. The number of imide groups is 1. The van der Waals surface area contributed by atoms with Crippen molar-refractivity contribution in [2.45, 2.75) is 32.7 Å². The predicted octanol–water partition coefficient (Wildman–Crippen LogP) is 3.24. The van der Waals surface area contributed by atoms with E-state index in [0.717, 1.165) is 4.47 Å². The second kappa shape index (κ2) is 7.41. The summed E-state index contributed by atoms with van der Waals surface area (Å²) in [6, 6.07) is 6.89. The van der Waals surface area contributed by atoms with E-state index in [1.54, 1.807) is 35.1 Å². The van der Waals surface area contributed by atoms with Crippen molar-refractivity contribution in [1.82, 2.24) is 14.7 Å². The Morgan fingerprint density at radius 3 is 2.65 bits per heavy atom. The second-order valence-corrected chi connectivity index (χ2v) is 7.27. The molecule has 0 fully saturated rings. The number of benzene rings is 1. The summed E-state index contributed by atoms with van der Waals surface area (Å²) in [5.74, 6) is -0.164. The van der Waals surface area contributed by atoms with Gasteiger partial charge in [-0.2, -0.15) is 5.10 Å². The van der Waals surface area contributed by atoms with E-state index >= 15 is 0 Å². The Balaban J connectivity index is 1.55. The van der Waals surface area contributed by atoms with Crippen LogP contribution in [-0.4, -0.2) is 38.9 Å². The lowest BCUT2D eigenvalue weighted by Gasteiger charge is -2.14. The van der Waals surface area contributed by atoms with Gasteiger partial charge in [0.05, 0.1) is 17.3 Å². The molecule has 2 heterocycles. The Labute approximate surface area is 159 Å². The molecule has 26 heavy (non-hydrogen) atoms. The number of nitrogens with zero attached hydrogens (tertiary/aromatic N) is 3. The van der Waals surface area contributed by atoms with E-state index in [2.05, 4.69) is 26.3 Å². The van der Waals surface area contributed by atoms with Crippen molar-refractivity contribution in [2.75, 3.05) is 11.9 Å². The third-order valence-electron chi connectivity index (χ3n) is 4.15. The van der Waals surface area contributed by atoms with Crippen molar-refractivity contribution in [1.29, 1.82) is 0 Å². The zero-order valence-corrected chi connectivity index (χ0v) is 16.1. The minimum absolute atomic E-state index is 0.137. The predicted molar refractivity (Wildman–Crippen MR) is 100.0 cm³/mol. The molecular formula is C18H19BrN4O3. The fourth-order valence-electron chi connectivity index (χ4n) is 2.89. The molecule has 3 amide bonds. The minimum Gasteiger partial charge on any atom is -0.311 e. The van der Waals surface area contributed by atoms with E-state index in [1.807, 2.05) is 13.8 Å². The van der Waals surface area contributed by atoms with Gasteiger partial charge in [-0.25, -0.2) is 4.68 Å². The van der Waals surface area contributed by atoms with Crippen molar-refractivity contribution in [3.8, 4) is 0 Å². The summed E-state index contributed by atoms with van der Waals surface area (Å²) in [6.45, 7) is 4.16. The van der Waals surface area contributed by atoms with Crippen molar-refractivity contribution in [2.24, 2.45) is 0 Å². The number of amides is 3. The Morgan fingerprint density at radius 1 is 1.19 bits per heavy atom. The van der Waals surface area contributed by atoms with Gasteiger partial charge >= 0.3 is 0 Å². The summed E-state index contributed by atoms with van der Waals surface area (Å²) >= 11 is 3.31. The smallest absolute Gasteiger partial charge is 0.261 e. The standard InChI is InChI=1S/C18H19BrN4O3/c1-11(2)23-15(7-8-20-23)21-16(24)4-3-9-22-17(25)13-6-5-12(19)10-14(13)18(22)26/h5-8,10-11H,3-4,9H2,1-2H3,(H,21,24). The molecule has 8 heteroatoms. The molecule has 136 valence electrons. The molecule has 7 nitrogen and oxygen atoms in total. The van der Waals surface area contributed by atoms with Gasteiger partial charge in [-0.1, -0.05) is 15.9 Å². The lowest BCUT2D eigenvalue weighted by molar-refractivity contribution is -0.116.